The third-order valence-corrected chi connectivity index (χ3v) is 2.62. The first kappa shape index (κ1) is 17.7. The maximum Gasteiger partial charge on any atom is 0.411 e. The van der Waals surface area contributed by atoms with E-state index in [1.807, 2.05) is 19.9 Å². The number of anilines is 1. The molecule has 120 valence electrons. The van der Waals surface area contributed by atoms with E-state index in [1.54, 1.807) is 0 Å². The molecule has 4 nitrogen and oxygen atoms in total. The zero-order valence-corrected chi connectivity index (χ0v) is 12.5. The van der Waals surface area contributed by atoms with Gasteiger partial charge in [-0.05, 0) is 12.8 Å². The molecule has 1 aromatic rings. The minimum atomic E-state index is -4.29. The molecule has 0 fully saturated rings. The molecule has 0 saturated carbocycles. The number of nitrogens with one attached hydrogen (secondary N) is 1. The molecule has 1 N–H and O–H groups in total. The molecule has 0 radical (unpaired) electrons. The Kier molecular flexibility index (Phi) is 7.42. The fraction of sp³-hybridized carbons (Fsp3) is 0.714. The van der Waals surface area contributed by atoms with Gasteiger partial charge in [0, 0.05) is 24.7 Å². The predicted octanol–water partition coefficient (Wildman–Crippen LogP) is 3.37. The number of ether oxygens (including phenoxy) is 1. The van der Waals surface area contributed by atoms with Crippen molar-refractivity contribution in [2.75, 3.05) is 25.1 Å². The van der Waals surface area contributed by atoms with Crippen molar-refractivity contribution in [2.45, 2.75) is 45.7 Å². The quantitative estimate of drug-likeness (QED) is 0.711. The summed E-state index contributed by atoms with van der Waals surface area (Å²) in [6.07, 6.45) is -1.28. The van der Waals surface area contributed by atoms with Crippen molar-refractivity contribution in [2.24, 2.45) is 0 Å². The lowest BCUT2D eigenvalue weighted by Gasteiger charge is -2.10. The number of aromatic nitrogens is 2. The van der Waals surface area contributed by atoms with Gasteiger partial charge in [-0.3, -0.25) is 0 Å². The Morgan fingerprint density at radius 2 is 1.90 bits per heavy atom. The van der Waals surface area contributed by atoms with E-state index in [9.17, 15) is 13.2 Å². The Morgan fingerprint density at radius 1 is 1.14 bits per heavy atom. The van der Waals surface area contributed by atoms with Crippen molar-refractivity contribution in [3.8, 4) is 0 Å². The molecule has 0 bridgehead atoms. The molecule has 0 aliphatic rings. The van der Waals surface area contributed by atoms with Crippen molar-refractivity contribution in [1.82, 2.24) is 9.97 Å². The number of aryl methyl sites for hydroxylation is 1. The van der Waals surface area contributed by atoms with E-state index in [4.69, 9.17) is 0 Å². The van der Waals surface area contributed by atoms with E-state index in [-0.39, 0.29) is 13.0 Å². The predicted molar refractivity (Wildman–Crippen MR) is 75.4 cm³/mol. The SMILES string of the molecule is CCCNc1cc(CCC)nc(CCOCC(F)(F)F)n1. The molecule has 0 saturated heterocycles. The summed E-state index contributed by atoms with van der Waals surface area (Å²) < 4.78 is 40.5. The summed E-state index contributed by atoms with van der Waals surface area (Å²) >= 11 is 0. The van der Waals surface area contributed by atoms with Gasteiger partial charge in [0.15, 0.2) is 0 Å². The first-order valence-electron chi connectivity index (χ1n) is 7.19. The summed E-state index contributed by atoms with van der Waals surface area (Å²) in [6.45, 7) is 3.62. The van der Waals surface area contributed by atoms with Crippen LogP contribution in [0.15, 0.2) is 6.07 Å². The Morgan fingerprint density at radius 3 is 2.52 bits per heavy atom. The van der Waals surface area contributed by atoms with E-state index < -0.39 is 12.8 Å². The fourth-order valence-electron chi connectivity index (χ4n) is 1.74. The minimum Gasteiger partial charge on any atom is -0.372 e. The zero-order chi connectivity index (χ0) is 15.7. The maximum absolute atomic E-state index is 12.0. The molecule has 0 amide bonds. The average molecular weight is 305 g/mol. The number of rotatable bonds is 9. The number of nitrogens with zero attached hydrogens (tertiary/aromatic N) is 2. The van der Waals surface area contributed by atoms with Gasteiger partial charge in [0.1, 0.15) is 18.2 Å². The topological polar surface area (TPSA) is 47.0 Å². The van der Waals surface area contributed by atoms with Crippen LogP contribution in [0.4, 0.5) is 19.0 Å². The minimum absolute atomic E-state index is 0.0394. The molecule has 0 aliphatic carbocycles. The van der Waals surface area contributed by atoms with Gasteiger partial charge in [-0.15, -0.1) is 0 Å². The Bertz CT molecular complexity index is 424. The summed E-state index contributed by atoms with van der Waals surface area (Å²) in [7, 11) is 0. The lowest BCUT2D eigenvalue weighted by molar-refractivity contribution is -0.173. The van der Waals surface area contributed by atoms with Gasteiger partial charge in [-0.1, -0.05) is 20.3 Å². The van der Waals surface area contributed by atoms with Crippen molar-refractivity contribution >= 4 is 5.82 Å². The maximum atomic E-state index is 12.0. The van der Waals surface area contributed by atoms with Crippen LogP contribution in [0.1, 0.15) is 38.2 Å². The van der Waals surface area contributed by atoms with Gasteiger partial charge < -0.3 is 10.1 Å². The van der Waals surface area contributed by atoms with Crippen LogP contribution in [-0.4, -0.2) is 35.9 Å². The molecular formula is C14H22F3N3O. The first-order chi connectivity index (χ1) is 9.94. The highest BCUT2D eigenvalue weighted by atomic mass is 19.4. The molecule has 0 aliphatic heterocycles. The Labute approximate surface area is 123 Å². The third-order valence-electron chi connectivity index (χ3n) is 2.62. The van der Waals surface area contributed by atoms with E-state index in [0.29, 0.717) is 5.82 Å². The largest absolute Gasteiger partial charge is 0.411 e. The number of alkyl halides is 3. The number of halogens is 3. The van der Waals surface area contributed by atoms with E-state index in [0.717, 1.165) is 37.3 Å². The highest BCUT2D eigenvalue weighted by molar-refractivity contribution is 5.36. The van der Waals surface area contributed by atoms with Gasteiger partial charge in [0.25, 0.3) is 0 Å². The summed E-state index contributed by atoms with van der Waals surface area (Å²) in [5.74, 6) is 1.24. The highest BCUT2D eigenvalue weighted by Crippen LogP contribution is 2.15. The normalized spacial score (nSPS) is 11.7. The second-order valence-electron chi connectivity index (χ2n) is 4.76. The standard InChI is InChI=1S/C14H22F3N3O/c1-3-5-11-9-13(18-7-4-2)20-12(19-11)6-8-21-10-14(15,16)17/h9H,3-8,10H2,1-2H3,(H,18,19,20). The zero-order valence-electron chi connectivity index (χ0n) is 12.5. The second-order valence-corrected chi connectivity index (χ2v) is 4.76. The van der Waals surface area contributed by atoms with Crippen molar-refractivity contribution < 1.29 is 17.9 Å². The summed E-state index contributed by atoms with van der Waals surface area (Å²) in [5.41, 5.74) is 0.900. The summed E-state index contributed by atoms with van der Waals surface area (Å²) in [6, 6.07) is 1.89. The Hall–Kier alpha value is -1.37. The van der Waals surface area contributed by atoms with Crippen LogP contribution >= 0.6 is 0 Å². The summed E-state index contributed by atoms with van der Waals surface area (Å²) in [5, 5.41) is 3.18. The van der Waals surface area contributed by atoms with Crippen LogP contribution in [0.25, 0.3) is 0 Å². The highest BCUT2D eigenvalue weighted by Gasteiger charge is 2.27. The lowest BCUT2D eigenvalue weighted by atomic mass is 10.2. The monoisotopic (exact) mass is 305 g/mol. The molecular weight excluding hydrogens is 283 g/mol. The fourth-order valence-corrected chi connectivity index (χ4v) is 1.74. The molecule has 7 heteroatoms. The molecule has 21 heavy (non-hydrogen) atoms. The van der Waals surface area contributed by atoms with Gasteiger partial charge in [0.05, 0.1) is 6.61 Å². The van der Waals surface area contributed by atoms with Crippen LogP contribution in [0.5, 0.6) is 0 Å². The van der Waals surface area contributed by atoms with Crippen molar-refractivity contribution in [3.05, 3.63) is 17.6 Å². The summed E-state index contributed by atoms with van der Waals surface area (Å²) in [4.78, 5) is 8.66. The molecule has 1 heterocycles. The second kappa shape index (κ2) is 8.81. The average Bonchev–Trinajstić information content (AvgIpc) is 2.41. The third kappa shape index (κ3) is 7.84. The van der Waals surface area contributed by atoms with Crippen LogP contribution in [-0.2, 0) is 17.6 Å². The first-order valence-corrected chi connectivity index (χ1v) is 7.19. The van der Waals surface area contributed by atoms with Gasteiger partial charge in [-0.2, -0.15) is 13.2 Å². The van der Waals surface area contributed by atoms with Gasteiger partial charge in [-0.25, -0.2) is 9.97 Å². The molecule has 1 rings (SSSR count). The lowest BCUT2D eigenvalue weighted by Crippen LogP contribution is -2.18. The van der Waals surface area contributed by atoms with Crippen LogP contribution in [0, 0.1) is 0 Å². The number of hydrogen-bond acceptors (Lipinski definition) is 4. The van der Waals surface area contributed by atoms with E-state index >= 15 is 0 Å². The van der Waals surface area contributed by atoms with E-state index in [2.05, 4.69) is 20.0 Å². The van der Waals surface area contributed by atoms with Gasteiger partial charge in [0.2, 0.25) is 0 Å². The number of hydrogen-bond donors (Lipinski definition) is 1. The smallest absolute Gasteiger partial charge is 0.372 e. The van der Waals surface area contributed by atoms with Crippen LogP contribution in [0.3, 0.4) is 0 Å². The molecule has 0 spiro atoms. The van der Waals surface area contributed by atoms with Crippen LogP contribution < -0.4 is 5.32 Å². The van der Waals surface area contributed by atoms with Crippen LogP contribution in [0.2, 0.25) is 0 Å². The molecule has 1 aromatic heterocycles. The molecule has 0 aromatic carbocycles. The van der Waals surface area contributed by atoms with Crippen molar-refractivity contribution in [1.29, 1.82) is 0 Å². The Balaban J connectivity index is 2.60. The van der Waals surface area contributed by atoms with Gasteiger partial charge >= 0.3 is 6.18 Å². The van der Waals surface area contributed by atoms with Crippen molar-refractivity contribution in [3.63, 3.8) is 0 Å². The molecule has 0 atom stereocenters. The van der Waals surface area contributed by atoms with E-state index in [1.165, 1.54) is 0 Å². The molecule has 0 unspecified atom stereocenters.